The van der Waals surface area contributed by atoms with Crippen LogP contribution in [0.3, 0.4) is 0 Å². The van der Waals surface area contributed by atoms with Gasteiger partial charge in [-0.1, -0.05) is 30.3 Å². The van der Waals surface area contributed by atoms with Gasteiger partial charge in [0.15, 0.2) is 0 Å². The third kappa shape index (κ3) is 4.03. The molecular weight excluding hydrogens is 302 g/mol. The molecule has 1 N–H and O–H groups in total. The minimum absolute atomic E-state index is 0.383. The van der Waals surface area contributed by atoms with Crippen LogP contribution in [0.15, 0.2) is 42.6 Å². The van der Waals surface area contributed by atoms with Crippen molar-refractivity contribution in [2.45, 2.75) is 44.4 Å². The molecule has 2 fully saturated rings. The monoisotopic (exact) mass is 325 g/mol. The molecule has 2 heterocycles. The minimum Gasteiger partial charge on any atom is -0.473 e. The molecule has 2 aromatic rings. The van der Waals surface area contributed by atoms with E-state index in [9.17, 15) is 0 Å². The number of hydrogen-bond donors (Lipinski definition) is 1. The summed E-state index contributed by atoms with van der Waals surface area (Å²) in [6.07, 6.45) is 6.83. The van der Waals surface area contributed by atoms with E-state index in [1.54, 1.807) is 12.3 Å². The molecule has 2 unspecified atom stereocenters. The summed E-state index contributed by atoms with van der Waals surface area (Å²) in [6, 6.07) is 12.3. The quantitative estimate of drug-likeness (QED) is 0.882. The predicted octanol–water partition coefficient (Wildman–Crippen LogP) is 3.43. The van der Waals surface area contributed by atoms with Gasteiger partial charge in [0.25, 0.3) is 0 Å². The summed E-state index contributed by atoms with van der Waals surface area (Å²) in [5, 5.41) is 3.45. The average molecular weight is 325 g/mol. The number of nitrogens with zero attached hydrogens (tertiary/aromatic N) is 2. The Morgan fingerprint density at radius 1 is 1.12 bits per heavy atom. The first-order valence-electron chi connectivity index (χ1n) is 8.75. The smallest absolute Gasteiger partial charge is 0.226 e. The fraction of sp³-hybridized carbons (Fsp3) is 0.474. The van der Waals surface area contributed by atoms with Gasteiger partial charge < -0.3 is 14.8 Å². The van der Waals surface area contributed by atoms with Crippen molar-refractivity contribution in [1.29, 1.82) is 0 Å². The molecule has 0 bridgehead atoms. The van der Waals surface area contributed by atoms with Gasteiger partial charge in [-0.2, -0.15) is 4.98 Å². The maximum Gasteiger partial charge on any atom is 0.226 e. The number of rotatable bonds is 6. The molecular formula is C19H23N3O2. The Morgan fingerprint density at radius 2 is 2.00 bits per heavy atom. The fourth-order valence-corrected chi connectivity index (χ4v) is 3.16. The molecule has 24 heavy (non-hydrogen) atoms. The highest BCUT2D eigenvalue weighted by Crippen LogP contribution is 2.38. The lowest BCUT2D eigenvalue weighted by atomic mass is 10.0. The first-order valence-corrected chi connectivity index (χ1v) is 8.75. The summed E-state index contributed by atoms with van der Waals surface area (Å²) < 4.78 is 11.7. The minimum atomic E-state index is 0.383. The zero-order chi connectivity index (χ0) is 16.2. The molecule has 1 saturated carbocycles. The molecule has 1 aromatic carbocycles. The van der Waals surface area contributed by atoms with Crippen LogP contribution in [0.4, 0.5) is 5.95 Å². The van der Waals surface area contributed by atoms with Crippen molar-refractivity contribution in [3.8, 4) is 5.88 Å². The Kier molecular flexibility index (Phi) is 4.60. The van der Waals surface area contributed by atoms with Gasteiger partial charge in [-0.15, -0.1) is 0 Å². The lowest BCUT2D eigenvalue weighted by Crippen LogP contribution is -2.35. The maximum absolute atomic E-state index is 5.88. The van der Waals surface area contributed by atoms with Gasteiger partial charge >= 0.3 is 0 Å². The maximum atomic E-state index is 5.88. The zero-order valence-corrected chi connectivity index (χ0v) is 13.7. The Hall–Kier alpha value is -2.14. The highest BCUT2D eigenvalue weighted by Gasteiger charge is 2.35. The number of nitrogens with one attached hydrogen (secondary N) is 1. The SMILES string of the molecule is c1ccc(COc2ccnc(NC3CCOC(C4CC4)C3)n2)cc1. The van der Waals surface area contributed by atoms with Crippen molar-refractivity contribution in [2.75, 3.05) is 11.9 Å². The van der Waals surface area contributed by atoms with E-state index in [4.69, 9.17) is 9.47 Å². The van der Waals surface area contributed by atoms with E-state index in [1.165, 1.54) is 12.8 Å². The molecule has 1 aromatic heterocycles. The van der Waals surface area contributed by atoms with Gasteiger partial charge in [-0.05, 0) is 37.2 Å². The summed E-state index contributed by atoms with van der Waals surface area (Å²) in [5.74, 6) is 2.01. The molecule has 2 aliphatic rings. The highest BCUT2D eigenvalue weighted by atomic mass is 16.5. The van der Waals surface area contributed by atoms with Gasteiger partial charge in [0.2, 0.25) is 11.8 Å². The lowest BCUT2D eigenvalue weighted by Gasteiger charge is -2.30. The second-order valence-corrected chi connectivity index (χ2v) is 6.61. The van der Waals surface area contributed by atoms with E-state index in [1.807, 2.05) is 30.3 Å². The number of anilines is 1. The van der Waals surface area contributed by atoms with Crippen molar-refractivity contribution < 1.29 is 9.47 Å². The van der Waals surface area contributed by atoms with Crippen LogP contribution in [-0.2, 0) is 11.3 Å². The summed E-state index contributed by atoms with van der Waals surface area (Å²) in [6.45, 7) is 1.33. The molecule has 5 heteroatoms. The Balaban J connectivity index is 1.34. The van der Waals surface area contributed by atoms with E-state index in [2.05, 4.69) is 15.3 Å². The molecule has 0 amide bonds. The van der Waals surface area contributed by atoms with Crippen molar-refractivity contribution in [1.82, 2.24) is 9.97 Å². The van der Waals surface area contributed by atoms with Crippen LogP contribution in [0.5, 0.6) is 5.88 Å². The third-order valence-electron chi connectivity index (χ3n) is 4.66. The van der Waals surface area contributed by atoms with Gasteiger partial charge in [0, 0.05) is 24.9 Å². The van der Waals surface area contributed by atoms with Crippen LogP contribution >= 0.6 is 0 Å². The predicted molar refractivity (Wildman–Crippen MR) is 91.9 cm³/mol. The van der Waals surface area contributed by atoms with Crippen LogP contribution in [-0.4, -0.2) is 28.7 Å². The Labute approximate surface area is 142 Å². The molecule has 2 atom stereocenters. The number of benzene rings is 1. The summed E-state index contributed by atoms with van der Waals surface area (Å²) in [7, 11) is 0. The molecule has 0 spiro atoms. The first-order chi connectivity index (χ1) is 11.9. The van der Waals surface area contributed by atoms with E-state index in [-0.39, 0.29) is 0 Å². The molecule has 1 aliphatic heterocycles. The second-order valence-electron chi connectivity index (χ2n) is 6.61. The summed E-state index contributed by atoms with van der Waals surface area (Å²) in [4.78, 5) is 8.81. The Morgan fingerprint density at radius 3 is 2.83 bits per heavy atom. The van der Waals surface area contributed by atoms with Crippen LogP contribution in [0, 0.1) is 5.92 Å². The van der Waals surface area contributed by atoms with Gasteiger partial charge in [-0.25, -0.2) is 4.98 Å². The first kappa shape index (κ1) is 15.4. The molecule has 4 rings (SSSR count). The van der Waals surface area contributed by atoms with Gasteiger partial charge in [-0.3, -0.25) is 0 Å². The molecule has 5 nitrogen and oxygen atoms in total. The van der Waals surface area contributed by atoms with Gasteiger partial charge in [0.05, 0.1) is 6.10 Å². The van der Waals surface area contributed by atoms with E-state index in [0.717, 1.165) is 30.9 Å². The van der Waals surface area contributed by atoms with Gasteiger partial charge in [0.1, 0.15) is 6.61 Å². The Bertz CT molecular complexity index is 661. The van der Waals surface area contributed by atoms with Crippen LogP contribution in [0.25, 0.3) is 0 Å². The molecule has 1 aliphatic carbocycles. The molecule has 126 valence electrons. The van der Waals surface area contributed by atoms with Crippen LogP contribution < -0.4 is 10.1 Å². The van der Waals surface area contributed by atoms with Crippen LogP contribution in [0.2, 0.25) is 0 Å². The normalized spacial score (nSPS) is 23.7. The standard InChI is InChI=1S/C19H23N3O2/c1-2-4-14(5-3-1)13-24-18-8-10-20-19(22-18)21-16-9-11-23-17(12-16)15-6-7-15/h1-5,8,10,15-17H,6-7,9,11-13H2,(H,20,21,22). The van der Waals surface area contributed by atoms with Crippen molar-refractivity contribution >= 4 is 5.95 Å². The topological polar surface area (TPSA) is 56.3 Å². The lowest BCUT2D eigenvalue weighted by molar-refractivity contribution is -0.00228. The van der Waals surface area contributed by atoms with Crippen LogP contribution in [0.1, 0.15) is 31.2 Å². The number of ether oxygens (including phenoxy) is 2. The van der Waals surface area contributed by atoms with E-state index < -0.39 is 0 Å². The average Bonchev–Trinajstić information content (AvgIpc) is 3.47. The number of aromatic nitrogens is 2. The summed E-state index contributed by atoms with van der Waals surface area (Å²) >= 11 is 0. The zero-order valence-electron chi connectivity index (χ0n) is 13.7. The fourth-order valence-electron chi connectivity index (χ4n) is 3.16. The van der Waals surface area contributed by atoms with Crippen molar-refractivity contribution in [3.05, 3.63) is 48.2 Å². The van der Waals surface area contributed by atoms with E-state index in [0.29, 0.717) is 30.6 Å². The second kappa shape index (κ2) is 7.18. The number of hydrogen-bond acceptors (Lipinski definition) is 5. The highest BCUT2D eigenvalue weighted by molar-refractivity contribution is 5.29. The summed E-state index contributed by atoms with van der Waals surface area (Å²) in [5.41, 5.74) is 1.13. The third-order valence-corrected chi connectivity index (χ3v) is 4.66. The molecule has 1 saturated heterocycles. The molecule has 0 radical (unpaired) electrons. The van der Waals surface area contributed by atoms with E-state index >= 15 is 0 Å². The largest absolute Gasteiger partial charge is 0.473 e. The van der Waals surface area contributed by atoms with Crippen molar-refractivity contribution in [3.63, 3.8) is 0 Å². The van der Waals surface area contributed by atoms with Crippen molar-refractivity contribution in [2.24, 2.45) is 5.92 Å².